The highest BCUT2D eigenvalue weighted by atomic mass is 16.5. The fourth-order valence-corrected chi connectivity index (χ4v) is 2.15. The highest BCUT2D eigenvalue weighted by Crippen LogP contribution is 2.11. The molecule has 2 rings (SSSR count). The molecule has 0 aliphatic carbocycles. The first-order valence-corrected chi connectivity index (χ1v) is 7.53. The second kappa shape index (κ2) is 7.57. The van der Waals surface area contributed by atoms with Crippen LogP contribution in [0.4, 0.5) is 5.69 Å². The molecule has 1 aromatic heterocycles. The van der Waals surface area contributed by atoms with Gasteiger partial charge in [0.2, 0.25) is 0 Å². The third kappa shape index (κ3) is 4.63. The Hall–Kier alpha value is -3.22. The summed E-state index contributed by atoms with van der Waals surface area (Å²) < 4.78 is 6.43. The van der Waals surface area contributed by atoms with Crippen LogP contribution in [-0.4, -0.2) is 34.6 Å². The van der Waals surface area contributed by atoms with E-state index in [0.29, 0.717) is 16.8 Å². The molecule has 0 spiro atoms. The van der Waals surface area contributed by atoms with Crippen LogP contribution in [0, 0.1) is 0 Å². The minimum absolute atomic E-state index is 0.0701. The van der Waals surface area contributed by atoms with Crippen molar-refractivity contribution >= 4 is 29.1 Å². The van der Waals surface area contributed by atoms with E-state index >= 15 is 0 Å². The van der Waals surface area contributed by atoms with Crippen LogP contribution in [0.1, 0.15) is 45.1 Å². The number of aryl methyl sites for hydroxylation is 1. The molecule has 1 heterocycles. The van der Waals surface area contributed by atoms with Crippen LogP contribution in [-0.2, 0) is 16.6 Å². The largest absolute Gasteiger partial charge is 0.451 e. The van der Waals surface area contributed by atoms with Crippen molar-refractivity contribution in [1.29, 1.82) is 0 Å². The smallest absolute Gasteiger partial charge is 0.355 e. The summed E-state index contributed by atoms with van der Waals surface area (Å²) in [5.41, 5.74) is 1.60. The number of anilines is 1. The zero-order valence-electron chi connectivity index (χ0n) is 14.2. The van der Waals surface area contributed by atoms with Gasteiger partial charge >= 0.3 is 5.97 Å². The number of ether oxygens (including phenoxy) is 1. The summed E-state index contributed by atoms with van der Waals surface area (Å²) >= 11 is 0. The number of esters is 1. The monoisotopic (exact) mass is 342 g/mol. The molecule has 0 unspecified atom stereocenters. The molecule has 0 bridgehead atoms. The number of ketones is 2. The van der Waals surface area contributed by atoms with E-state index in [9.17, 15) is 19.2 Å². The van der Waals surface area contributed by atoms with Crippen molar-refractivity contribution in [2.75, 3.05) is 11.9 Å². The number of benzene rings is 1. The van der Waals surface area contributed by atoms with E-state index in [1.54, 1.807) is 31.3 Å². The summed E-state index contributed by atoms with van der Waals surface area (Å²) in [6.07, 6.45) is 1.52. The number of hydrogen-bond donors (Lipinski definition) is 1. The minimum atomic E-state index is -0.697. The number of nitrogens with one attached hydrogen (secondary N) is 1. The van der Waals surface area contributed by atoms with Gasteiger partial charge in [-0.05, 0) is 44.2 Å². The molecule has 0 saturated heterocycles. The summed E-state index contributed by atoms with van der Waals surface area (Å²) in [7, 11) is 1.61. The van der Waals surface area contributed by atoms with Gasteiger partial charge in [0.25, 0.3) is 5.91 Å². The number of hydrogen-bond acceptors (Lipinski definition) is 5. The van der Waals surface area contributed by atoms with Crippen LogP contribution in [0.5, 0.6) is 0 Å². The Bertz CT molecular complexity index is 834. The van der Waals surface area contributed by atoms with Crippen molar-refractivity contribution in [2.45, 2.75) is 13.8 Å². The van der Waals surface area contributed by atoms with Crippen LogP contribution in [0.3, 0.4) is 0 Å². The first-order chi connectivity index (χ1) is 11.8. The van der Waals surface area contributed by atoms with Crippen LogP contribution >= 0.6 is 0 Å². The minimum Gasteiger partial charge on any atom is -0.451 e. The molecule has 7 nitrogen and oxygen atoms in total. The summed E-state index contributed by atoms with van der Waals surface area (Å²) in [5, 5.41) is 2.56. The fraction of sp³-hybridized carbons (Fsp3) is 0.222. The fourth-order valence-electron chi connectivity index (χ4n) is 2.15. The number of nitrogens with zero attached hydrogens (tertiary/aromatic N) is 1. The summed E-state index contributed by atoms with van der Waals surface area (Å²) in [6.45, 7) is 2.39. The summed E-state index contributed by atoms with van der Waals surface area (Å²) in [5.74, 6) is -1.44. The van der Waals surface area contributed by atoms with Crippen LogP contribution in [0.25, 0.3) is 0 Å². The lowest BCUT2D eigenvalue weighted by molar-refractivity contribution is -0.119. The van der Waals surface area contributed by atoms with E-state index in [1.165, 1.54) is 30.7 Å². The summed E-state index contributed by atoms with van der Waals surface area (Å²) in [6, 6.07) is 7.79. The average Bonchev–Trinajstić information content (AvgIpc) is 2.95. The Balaban J connectivity index is 1.92. The van der Waals surface area contributed by atoms with Crippen LogP contribution in [0.2, 0.25) is 0 Å². The maximum Gasteiger partial charge on any atom is 0.355 e. The SMILES string of the molecule is CC(=O)c1ccc(NC(=O)COC(=O)c2cc(C(C)=O)cn2C)cc1. The highest BCUT2D eigenvalue weighted by Gasteiger charge is 2.16. The van der Waals surface area contributed by atoms with Gasteiger partial charge in [0.05, 0.1) is 0 Å². The molecule has 7 heteroatoms. The Morgan fingerprint density at radius 3 is 2.12 bits per heavy atom. The van der Waals surface area contributed by atoms with Gasteiger partial charge in [-0.3, -0.25) is 14.4 Å². The van der Waals surface area contributed by atoms with E-state index in [-0.39, 0.29) is 17.3 Å². The van der Waals surface area contributed by atoms with Crippen LogP contribution < -0.4 is 5.32 Å². The molecule has 25 heavy (non-hydrogen) atoms. The van der Waals surface area contributed by atoms with Gasteiger partial charge < -0.3 is 14.6 Å². The van der Waals surface area contributed by atoms with E-state index in [2.05, 4.69) is 5.32 Å². The first-order valence-electron chi connectivity index (χ1n) is 7.53. The molecule has 2 aromatic rings. The number of rotatable bonds is 6. The molecule has 130 valence electrons. The van der Waals surface area contributed by atoms with E-state index in [0.717, 1.165) is 0 Å². The normalized spacial score (nSPS) is 10.2. The maximum atomic E-state index is 12.0. The number of aromatic nitrogens is 1. The van der Waals surface area contributed by atoms with Gasteiger partial charge in [-0.25, -0.2) is 4.79 Å². The average molecular weight is 342 g/mol. The molecule has 1 amide bonds. The molecular formula is C18H18N2O5. The molecule has 0 fully saturated rings. The van der Waals surface area contributed by atoms with Crippen LogP contribution in [0.15, 0.2) is 36.5 Å². The molecule has 0 saturated carbocycles. The van der Waals surface area contributed by atoms with Crippen molar-refractivity contribution in [3.05, 3.63) is 53.3 Å². The van der Waals surface area contributed by atoms with Gasteiger partial charge in [-0.1, -0.05) is 0 Å². The lowest BCUT2D eigenvalue weighted by Crippen LogP contribution is -2.21. The molecular weight excluding hydrogens is 324 g/mol. The topological polar surface area (TPSA) is 94.5 Å². The standard InChI is InChI=1S/C18H18N2O5/c1-11(21)13-4-6-15(7-5-13)19-17(23)10-25-18(24)16-8-14(12(2)22)9-20(16)3/h4-9H,10H2,1-3H3,(H,19,23). The second-order valence-corrected chi connectivity index (χ2v) is 5.54. The number of carbonyl (C=O) groups excluding carboxylic acids is 4. The lowest BCUT2D eigenvalue weighted by Gasteiger charge is -2.07. The molecule has 1 aromatic carbocycles. The summed E-state index contributed by atoms with van der Waals surface area (Å²) in [4.78, 5) is 46.4. The Kier molecular flexibility index (Phi) is 5.49. The highest BCUT2D eigenvalue weighted by molar-refractivity contribution is 5.99. The molecule has 1 N–H and O–H groups in total. The van der Waals surface area contributed by atoms with Crippen molar-refractivity contribution in [3.63, 3.8) is 0 Å². The number of Topliss-reactive ketones (excluding diaryl/α,β-unsaturated/α-hetero) is 2. The van der Waals surface area contributed by atoms with Crippen molar-refractivity contribution < 1.29 is 23.9 Å². The molecule has 0 aliphatic rings. The van der Waals surface area contributed by atoms with E-state index < -0.39 is 18.5 Å². The maximum absolute atomic E-state index is 12.0. The van der Waals surface area contributed by atoms with Crippen molar-refractivity contribution in [2.24, 2.45) is 7.05 Å². The number of carbonyl (C=O) groups is 4. The molecule has 0 atom stereocenters. The van der Waals surface area contributed by atoms with Gasteiger partial charge in [0.1, 0.15) is 5.69 Å². The van der Waals surface area contributed by atoms with Gasteiger partial charge in [-0.2, -0.15) is 0 Å². The predicted molar refractivity (Wildman–Crippen MR) is 90.8 cm³/mol. The molecule has 0 aliphatic heterocycles. The zero-order chi connectivity index (χ0) is 18.6. The number of amides is 1. The second-order valence-electron chi connectivity index (χ2n) is 5.54. The Morgan fingerprint density at radius 1 is 1.00 bits per heavy atom. The quantitative estimate of drug-likeness (QED) is 0.642. The van der Waals surface area contributed by atoms with Gasteiger partial charge in [0.15, 0.2) is 18.2 Å². The zero-order valence-corrected chi connectivity index (χ0v) is 14.2. The van der Waals surface area contributed by atoms with E-state index in [1.807, 2.05) is 0 Å². The van der Waals surface area contributed by atoms with Crippen molar-refractivity contribution in [3.8, 4) is 0 Å². The molecule has 0 radical (unpaired) electrons. The van der Waals surface area contributed by atoms with Crippen molar-refractivity contribution in [1.82, 2.24) is 4.57 Å². The van der Waals surface area contributed by atoms with Gasteiger partial charge in [0, 0.05) is 30.1 Å². The lowest BCUT2D eigenvalue weighted by atomic mass is 10.1. The first kappa shape index (κ1) is 18.1. The third-order valence-corrected chi connectivity index (χ3v) is 3.53. The predicted octanol–water partition coefficient (Wildman–Crippen LogP) is 2.23. The Labute approximate surface area is 144 Å². The van der Waals surface area contributed by atoms with Gasteiger partial charge in [-0.15, -0.1) is 0 Å². The van der Waals surface area contributed by atoms with E-state index in [4.69, 9.17) is 4.74 Å². The Morgan fingerprint density at radius 2 is 1.60 bits per heavy atom. The third-order valence-electron chi connectivity index (χ3n) is 3.53.